The Bertz CT molecular complexity index is 562. The highest BCUT2D eigenvalue weighted by Gasteiger charge is 2.33. The lowest BCUT2D eigenvalue weighted by molar-refractivity contribution is 0.444. The SMILES string of the molecule is CCCC1CCN(S(=O)(=O)c2ccc(Br)cc2Cl)C1. The topological polar surface area (TPSA) is 37.4 Å². The van der Waals surface area contributed by atoms with Crippen molar-refractivity contribution in [1.82, 2.24) is 4.31 Å². The molecular formula is C13H17BrClNO2S. The zero-order chi connectivity index (χ0) is 14.0. The third-order valence-corrected chi connectivity index (χ3v) is 6.30. The largest absolute Gasteiger partial charge is 0.244 e. The molecule has 0 amide bonds. The van der Waals surface area contributed by atoms with E-state index >= 15 is 0 Å². The normalized spacial score (nSPS) is 20.9. The first-order chi connectivity index (χ1) is 8.95. The molecular weight excluding hydrogens is 350 g/mol. The predicted octanol–water partition coefficient (Wildman–Crippen LogP) is 3.91. The van der Waals surface area contributed by atoms with Crippen molar-refractivity contribution >= 4 is 37.6 Å². The second kappa shape index (κ2) is 6.12. The average Bonchev–Trinajstić information content (AvgIpc) is 2.78. The van der Waals surface area contributed by atoms with E-state index in [0.29, 0.717) is 19.0 Å². The summed E-state index contributed by atoms with van der Waals surface area (Å²) in [6.07, 6.45) is 3.12. The van der Waals surface area contributed by atoms with Gasteiger partial charge in [0.2, 0.25) is 10.0 Å². The molecule has 0 N–H and O–H groups in total. The van der Waals surface area contributed by atoms with Crippen LogP contribution in [0.4, 0.5) is 0 Å². The van der Waals surface area contributed by atoms with Crippen LogP contribution in [0.25, 0.3) is 0 Å². The molecule has 0 radical (unpaired) electrons. The Kier molecular flexibility index (Phi) is 4.93. The molecule has 0 bridgehead atoms. The van der Waals surface area contributed by atoms with E-state index in [1.54, 1.807) is 22.5 Å². The van der Waals surface area contributed by atoms with Gasteiger partial charge in [0.05, 0.1) is 5.02 Å². The molecule has 106 valence electrons. The van der Waals surface area contributed by atoms with E-state index in [1.165, 1.54) is 0 Å². The number of rotatable bonds is 4. The molecule has 6 heteroatoms. The number of hydrogen-bond acceptors (Lipinski definition) is 2. The van der Waals surface area contributed by atoms with Crippen LogP contribution in [0.3, 0.4) is 0 Å². The summed E-state index contributed by atoms with van der Waals surface area (Å²) in [7, 11) is -3.46. The number of sulfonamides is 1. The van der Waals surface area contributed by atoms with Crippen LogP contribution in [0.15, 0.2) is 27.6 Å². The van der Waals surface area contributed by atoms with Gasteiger partial charge in [-0.1, -0.05) is 40.9 Å². The van der Waals surface area contributed by atoms with Gasteiger partial charge in [0, 0.05) is 17.6 Å². The molecule has 1 atom stereocenters. The summed E-state index contributed by atoms with van der Waals surface area (Å²) < 4.78 is 27.4. The highest BCUT2D eigenvalue weighted by atomic mass is 79.9. The van der Waals surface area contributed by atoms with E-state index in [4.69, 9.17) is 11.6 Å². The maximum Gasteiger partial charge on any atom is 0.244 e. The summed E-state index contributed by atoms with van der Waals surface area (Å²) in [5, 5.41) is 0.272. The maximum atomic E-state index is 12.5. The zero-order valence-electron chi connectivity index (χ0n) is 10.8. The van der Waals surface area contributed by atoms with Crippen LogP contribution in [0.5, 0.6) is 0 Å². The summed E-state index contributed by atoms with van der Waals surface area (Å²) in [6, 6.07) is 4.89. The summed E-state index contributed by atoms with van der Waals surface area (Å²) >= 11 is 9.34. The van der Waals surface area contributed by atoms with Crippen molar-refractivity contribution in [2.24, 2.45) is 5.92 Å². The van der Waals surface area contributed by atoms with Gasteiger partial charge in [-0.25, -0.2) is 8.42 Å². The Morgan fingerprint density at radius 2 is 2.21 bits per heavy atom. The number of hydrogen-bond donors (Lipinski definition) is 0. The van der Waals surface area contributed by atoms with Gasteiger partial charge in [-0.05, 0) is 37.0 Å². The van der Waals surface area contributed by atoms with Crippen molar-refractivity contribution in [3.05, 3.63) is 27.7 Å². The van der Waals surface area contributed by atoms with Gasteiger partial charge in [0.1, 0.15) is 4.90 Å². The molecule has 0 aliphatic carbocycles. The lowest BCUT2D eigenvalue weighted by Gasteiger charge is -2.17. The predicted molar refractivity (Wildman–Crippen MR) is 80.9 cm³/mol. The summed E-state index contributed by atoms with van der Waals surface area (Å²) in [5.74, 6) is 0.481. The van der Waals surface area contributed by atoms with Crippen LogP contribution in [0, 0.1) is 5.92 Å². The Morgan fingerprint density at radius 1 is 1.47 bits per heavy atom. The maximum absolute atomic E-state index is 12.5. The molecule has 1 unspecified atom stereocenters. The highest BCUT2D eigenvalue weighted by Crippen LogP contribution is 2.31. The molecule has 1 fully saturated rings. The fourth-order valence-electron chi connectivity index (χ4n) is 2.48. The van der Waals surface area contributed by atoms with E-state index in [2.05, 4.69) is 22.9 Å². The first-order valence-electron chi connectivity index (χ1n) is 6.40. The van der Waals surface area contributed by atoms with Crippen molar-refractivity contribution in [2.75, 3.05) is 13.1 Å². The van der Waals surface area contributed by atoms with Gasteiger partial charge in [-0.15, -0.1) is 0 Å². The second-order valence-electron chi connectivity index (χ2n) is 4.88. The number of halogens is 2. The third kappa shape index (κ3) is 3.32. The molecule has 0 spiro atoms. The molecule has 0 aromatic heterocycles. The molecule has 2 rings (SSSR count). The van der Waals surface area contributed by atoms with Gasteiger partial charge in [0.15, 0.2) is 0 Å². The summed E-state index contributed by atoms with van der Waals surface area (Å²) in [5.41, 5.74) is 0. The van der Waals surface area contributed by atoms with Crippen LogP contribution < -0.4 is 0 Å². The summed E-state index contributed by atoms with van der Waals surface area (Å²) in [4.78, 5) is 0.203. The van der Waals surface area contributed by atoms with E-state index in [-0.39, 0.29) is 9.92 Å². The Morgan fingerprint density at radius 3 is 2.84 bits per heavy atom. The molecule has 3 nitrogen and oxygen atoms in total. The fourth-order valence-corrected chi connectivity index (χ4v) is 5.03. The minimum absolute atomic E-state index is 0.203. The highest BCUT2D eigenvalue weighted by molar-refractivity contribution is 9.10. The van der Waals surface area contributed by atoms with Crippen molar-refractivity contribution in [1.29, 1.82) is 0 Å². The fraction of sp³-hybridized carbons (Fsp3) is 0.538. The Labute approximate surface area is 128 Å². The molecule has 1 saturated heterocycles. The van der Waals surface area contributed by atoms with E-state index in [1.807, 2.05) is 0 Å². The smallest absolute Gasteiger partial charge is 0.207 e. The van der Waals surface area contributed by atoms with Crippen LogP contribution in [-0.4, -0.2) is 25.8 Å². The third-order valence-electron chi connectivity index (χ3n) is 3.46. The van der Waals surface area contributed by atoms with Gasteiger partial charge < -0.3 is 0 Å². The molecule has 1 aliphatic heterocycles. The first kappa shape index (κ1) is 15.3. The minimum Gasteiger partial charge on any atom is -0.207 e. The molecule has 1 aromatic carbocycles. The quantitative estimate of drug-likeness (QED) is 0.810. The minimum atomic E-state index is -3.46. The summed E-state index contributed by atoms with van der Waals surface area (Å²) in [6.45, 7) is 3.34. The monoisotopic (exact) mass is 365 g/mol. The lowest BCUT2D eigenvalue weighted by atomic mass is 10.0. The van der Waals surface area contributed by atoms with Gasteiger partial charge in [-0.3, -0.25) is 0 Å². The lowest BCUT2D eigenvalue weighted by Crippen LogP contribution is -2.29. The second-order valence-corrected chi connectivity index (χ2v) is 8.11. The molecule has 1 aliphatic rings. The van der Waals surface area contributed by atoms with Crippen molar-refractivity contribution in [2.45, 2.75) is 31.1 Å². The van der Waals surface area contributed by atoms with Gasteiger partial charge in [-0.2, -0.15) is 4.31 Å². The van der Waals surface area contributed by atoms with Gasteiger partial charge >= 0.3 is 0 Å². The van der Waals surface area contributed by atoms with E-state index < -0.39 is 10.0 Å². The standard InChI is InChI=1S/C13H17BrClNO2S/c1-2-3-10-6-7-16(9-10)19(17,18)13-5-4-11(14)8-12(13)15/h4-5,8,10H,2-3,6-7,9H2,1H3. The average molecular weight is 367 g/mol. The molecule has 1 aromatic rings. The Balaban J connectivity index is 2.23. The van der Waals surface area contributed by atoms with Crippen LogP contribution >= 0.6 is 27.5 Å². The Hall–Kier alpha value is -0.100. The number of benzene rings is 1. The van der Waals surface area contributed by atoms with Crippen molar-refractivity contribution < 1.29 is 8.42 Å². The number of nitrogens with zero attached hydrogens (tertiary/aromatic N) is 1. The zero-order valence-corrected chi connectivity index (χ0v) is 13.9. The van der Waals surface area contributed by atoms with Crippen molar-refractivity contribution in [3.8, 4) is 0 Å². The van der Waals surface area contributed by atoms with Crippen LogP contribution in [-0.2, 0) is 10.0 Å². The molecule has 1 heterocycles. The van der Waals surface area contributed by atoms with E-state index in [9.17, 15) is 8.42 Å². The van der Waals surface area contributed by atoms with Gasteiger partial charge in [0.25, 0.3) is 0 Å². The van der Waals surface area contributed by atoms with Crippen molar-refractivity contribution in [3.63, 3.8) is 0 Å². The van der Waals surface area contributed by atoms with Crippen LogP contribution in [0.2, 0.25) is 5.02 Å². The molecule has 19 heavy (non-hydrogen) atoms. The van der Waals surface area contributed by atoms with Crippen LogP contribution in [0.1, 0.15) is 26.2 Å². The first-order valence-corrected chi connectivity index (χ1v) is 9.01. The van der Waals surface area contributed by atoms with E-state index in [0.717, 1.165) is 23.7 Å². The molecule has 0 saturated carbocycles.